The summed E-state index contributed by atoms with van der Waals surface area (Å²) in [6.07, 6.45) is 0.150. The van der Waals surface area contributed by atoms with E-state index in [-0.39, 0.29) is 12.2 Å². The Labute approximate surface area is 103 Å². The van der Waals surface area contributed by atoms with Crippen molar-refractivity contribution in [2.45, 2.75) is 39.1 Å². The van der Waals surface area contributed by atoms with Crippen LogP contribution in [0.4, 0.5) is 5.69 Å². The Bertz CT molecular complexity index is 351. The molecule has 2 rings (SSSR count). The maximum absolute atomic E-state index is 9.48. The Balaban J connectivity index is 2.11. The van der Waals surface area contributed by atoms with Crippen LogP contribution in [-0.2, 0) is 4.74 Å². The van der Waals surface area contributed by atoms with Gasteiger partial charge < -0.3 is 14.7 Å². The molecular formula is C14H21NO2. The average Bonchev–Trinajstić information content (AvgIpc) is 2.28. The fourth-order valence-corrected chi connectivity index (χ4v) is 2.35. The molecule has 3 atom stereocenters. The zero-order chi connectivity index (χ0) is 12.4. The highest BCUT2D eigenvalue weighted by Gasteiger charge is 2.22. The first kappa shape index (κ1) is 12.4. The molecule has 0 saturated carbocycles. The van der Waals surface area contributed by atoms with E-state index in [2.05, 4.69) is 30.9 Å². The number of nitrogens with zero attached hydrogens (tertiary/aromatic N) is 1. The summed E-state index contributed by atoms with van der Waals surface area (Å²) >= 11 is 0. The minimum absolute atomic E-state index is 0.273. The molecule has 0 radical (unpaired) electrons. The van der Waals surface area contributed by atoms with E-state index in [0.29, 0.717) is 0 Å². The molecule has 3 nitrogen and oxygen atoms in total. The van der Waals surface area contributed by atoms with Gasteiger partial charge in [0.15, 0.2) is 0 Å². The normalized spacial score (nSPS) is 26.9. The molecular weight excluding hydrogens is 214 g/mol. The van der Waals surface area contributed by atoms with Crippen LogP contribution in [0.2, 0.25) is 0 Å². The summed E-state index contributed by atoms with van der Waals surface area (Å²) < 4.78 is 5.72. The number of anilines is 1. The van der Waals surface area contributed by atoms with Crippen molar-refractivity contribution in [1.82, 2.24) is 0 Å². The minimum atomic E-state index is -0.397. The maximum Gasteiger partial charge on any atom is 0.0761 e. The zero-order valence-electron chi connectivity index (χ0n) is 10.8. The van der Waals surface area contributed by atoms with Gasteiger partial charge in [0.25, 0.3) is 0 Å². The molecule has 1 aliphatic rings. The summed E-state index contributed by atoms with van der Waals surface area (Å²) in [7, 11) is 0. The number of aliphatic hydroxyl groups is 1. The van der Waals surface area contributed by atoms with Crippen molar-refractivity contribution in [3.05, 3.63) is 29.8 Å². The summed E-state index contributed by atoms with van der Waals surface area (Å²) in [5.74, 6) is 0. The summed E-state index contributed by atoms with van der Waals surface area (Å²) in [4.78, 5) is 2.34. The molecule has 1 N–H and O–H groups in total. The van der Waals surface area contributed by atoms with Crippen LogP contribution in [0.5, 0.6) is 0 Å². The highest BCUT2D eigenvalue weighted by molar-refractivity contribution is 5.48. The van der Waals surface area contributed by atoms with E-state index in [9.17, 15) is 5.11 Å². The lowest BCUT2D eigenvalue weighted by Gasteiger charge is -2.37. The third-order valence-electron chi connectivity index (χ3n) is 3.16. The first-order valence-corrected chi connectivity index (χ1v) is 6.24. The predicted molar refractivity (Wildman–Crippen MR) is 69.3 cm³/mol. The van der Waals surface area contributed by atoms with E-state index in [1.807, 2.05) is 12.1 Å². The SMILES string of the molecule is CC1CN(c2ccc(C(C)O)cc2)CC(C)O1. The molecule has 1 heterocycles. The second-order valence-corrected chi connectivity index (χ2v) is 4.93. The number of aliphatic hydroxyl groups excluding tert-OH is 1. The fourth-order valence-electron chi connectivity index (χ4n) is 2.35. The molecule has 0 spiro atoms. The van der Waals surface area contributed by atoms with Gasteiger partial charge in [-0.25, -0.2) is 0 Å². The van der Waals surface area contributed by atoms with Gasteiger partial charge in [0.05, 0.1) is 18.3 Å². The number of hydrogen-bond acceptors (Lipinski definition) is 3. The van der Waals surface area contributed by atoms with E-state index < -0.39 is 6.10 Å². The molecule has 0 amide bonds. The molecule has 1 fully saturated rings. The molecule has 0 aliphatic carbocycles. The van der Waals surface area contributed by atoms with Gasteiger partial charge in [-0.05, 0) is 38.5 Å². The lowest BCUT2D eigenvalue weighted by atomic mass is 10.1. The largest absolute Gasteiger partial charge is 0.389 e. The van der Waals surface area contributed by atoms with E-state index >= 15 is 0 Å². The van der Waals surface area contributed by atoms with Crippen LogP contribution < -0.4 is 4.90 Å². The lowest BCUT2D eigenvalue weighted by molar-refractivity contribution is -0.00522. The summed E-state index contributed by atoms with van der Waals surface area (Å²) in [5.41, 5.74) is 2.17. The first-order chi connectivity index (χ1) is 8.06. The highest BCUT2D eigenvalue weighted by Crippen LogP contribution is 2.22. The van der Waals surface area contributed by atoms with Gasteiger partial charge in [-0.2, -0.15) is 0 Å². The molecule has 3 unspecified atom stereocenters. The van der Waals surface area contributed by atoms with Gasteiger partial charge in [0.1, 0.15) is 0 Å². The lowest BCUT2D eigenvalue weighted by Crippen LogP contribution is -2.45. The second kappa shape index (κ2) is 5.07. The second-order valence-electron chi connectivity index (χ2n) is 4.93. The predicted octanol–water partition coefficient (Wildman–Crippen LogP) is 2.35. The zero-order valence-corrected chi connectivity index (χ0v) is 10.8. The molecule has 1 saturated heterocycles. The Hall–Kier alpha value is -1.06. The van der Waals surface area contributed by atoms with Crippen LogP contribution in [0.1, 0.15) is 32.4 Å². The highest BCUT2D eigenvalue weighted by atomic mass is 16.5. The third kappa shape index (κ3) is 2.99. The van der Waals surface area contributed by atoms with Gasteiger partial charge in [0, 0.05) is 18.8 Å². The van der Waals surface area contributed by atoms with Gasteiger partial charge in [-0.3, -0.25) is 0 Å². The number of hydrogen-bond donors (Lipinski definition) is 1. The maximum atomic E-state index is 9.48. The van der Waals surface area contributed by atoms with Crippen molar-refractivity contribution < 1.29 is 9.84 Å². The van der Waals surface area contributed by atoms with E-state index in [0.717, 1.165) is 18.7 Å². The first-order valence-electron chi connectivity index (χ1n) is 6.24. The van der Waals surface area contributed by atoms with Crippen molar-refractivity contribution >= 4 is 5.69 Å². The number of morpholine rings is 1. The van der Waals surface area contributed by atoms with E-state index in [1.54, 1.807) is 6.92 Å². The molecule has 17 heavy (non-hydrogen) atoms. The smallest absolute Gasteiger partial charge is 0.0761 e. The van der Waals surface area contributed by atoms with Crippen molar-refractivity contribution in [3.63, 3.8) is 0 Å². The van der Waals surface area contributed by atoms with Crippen molar-refractivity contribution in [2.75, 3.05) is 18.0 Å². The summed E-state index contributed by atoms with van der Waals surface area (Å²) in [5, 5.41) is 9.48. The fraction of sp³-hybridized carbons (Fsp3) is 0.571. The molecule has 0 aromatic heterocycles. The Morgan fingerprint density at radius 2 is 1.71 bits per heavy atom. The molecule has 0 bridgehead atoms. The topological polar surface area (TPSA) is 32.7 Å². The Morgan fingerprint density at radius 1 is 1.18 bits per heavy atom. The van der Waals surface area contributed by atoms with Crippen LogP contribution >= 0.6 is 0 Å². The van der Waals surface area contributed by atoms with E-state index in [4.69, 9.17) is 4.74 Å². The standard InChI is InChI=1S/C14H21NO2/c1-10-8-15(9-11(2)17-10)14-6-4-13(5-7-14)12(3)16/h4-7,10-12,16H,8-9H2,1-3H3. The van der Waals surface area contributed by atoms with Gasteiger partial charge in [-0.15, -0.1) is 0 Å². The van der Waals surface area contributed by atoms with Gasteiger partial charge in [-0.1, -0.05) is 12.1 Å². The molecule has 1 aromatic carbocycles. The van der Waals surface area contributed by atoms with Crippen LogP contribution in [0.15, 0.2) is 24.3 Å². The molecule has 3 heteroatoms. The number of ether oxygens (including phenoxy) is 1. The number of rotatable bonds is 2. The summed E-state index contributed by atoms with van der Waals surface area (Å²) in [6.45, 7) is 7.85. The van der Waals surface area contributed by atoms with Gasteiger partial charge >= 0.3 is 0 Å². The van der Waals surface area contributed by atoms with Crippen molar-refractivity contribution in [3.8, 4) is 0 Å². The molecule has 1 aromatic rings. The summed E-state index contributed by atoms with van der Waals surface area (Å²) in [6, 6.07) is 8.13. The van der Waals surface area contributed by atoms with Crippen molar-refractivity contribution in [1.29, 1.82) is 0 Å². The Morgan fingerprint density at radius 3 is 2.18 bits per heavy atom. The molecule has 94 valence electrons. The average molecular weight is 235 g/mol. The van der Waals surface area contributed by atoms with E-state index in [1.165, 1.54) is 5.69 Å². The van der Waals surface area contributed by atoms with Gasteiger partial charge in [0.2, 0.25) is 0 Å². The minimum Gasteiger partial charge on any atom is -0.389 e. The van der Waals surface area contributed by atoms with Crippen LogP contribution in [0.3, 0.4) is 0 Å². The monoisotopic (exact) mass is 235 g/mol. The quantitative estimate of drug-likeness (QED) is 0.854. The molecule has 1 aliphatic heterocycles. The van der Waals surface area contributed by atoms with Crippen molar-refractivity contribution in [2.24, 2.45) is 0 Å². The van der Waals surface area contributed by atoms with Crippen LogP contribution in [0.25, 0.3) is 0 Å². The third-order valence-corrected chi connectivity index (χ3v) is 3.16. The van der Waals surface area contributed by atoms with Crippen LogP contribution in [0, 0.1) is 0 Å². The van der Waals surface area contributed by atoms with Crippen LogP contribution in [-0.4, -0.2) is 30.4 Å². The Kier molecular flexibility index (Phi) is 3.69. The number of benzene rings is 1.